The van der Waals surface area contributed by atoms with Crippen LogP contribution in [-0.2, 0) is 32.5 Å². The largest absolute Gasteiger partial charge is 0.355 e. The van der Waals surface area contributed by atoms with Gasteiger partial charge in [0.05, 0.1) is 11.4 Å². The average molecular weight is 444 g/mol. The minimum atomic E-state index is -3.82. The van der Waals surface area contributed by atoms with Crippen LogP contribution in [-0.4, -0.2) is 50.7 Å². The lowest BCUT2D eigenvalue weighted by atomic mass is 10.1. The van der Waals surface area contributed by atoms with E-state index >= 15 is 0 Å². The van der Waals surface area contributed by atoms with Gasteiger partial charge in [-0.15, -0.1) is 0 Å². The number of rotatable bonds is 7. The molecule has 0 unspecified atom stereocenters. The van der Waals surface area contributed by atoms with E-state index in [2.05, 4.69) is 5.32 Å². The molecule has 2 aromatic carbocycles. The summed E-state index contributed by atoms with van der Waals surface area (Å²) in [5.74, 6) is -0.419. The van der Waals surface area contributed by atoms with E-state index in [9.17, 15) is 18.0 Å². The molecule has 7 nitrogen and oxygen atoms in total. The topological polar surface area (TPSA) is 86.8 Å². The predicted octanol–water partition coefficient (Wildman–Crippen LogP) is 2.27. The highest BCUT2D eigenvalue weighted by Gasteiger charge is 2.31. The molecular weight excluding hydrogens is 414 g/mol. The minimum absolute atomic E-state index is 0.0116. The maximum Gasteiger partial charge on any atom is 0.243 e. The van der Waals surface area contributed by atoms with Crippen molar-refractivity contribution in [3.8, 4) is 0 Å². The number of aryl methyl sites for hydroxylation is 1. The number of likely N-dealkylation sites (N-methyl/N-ethyl adjacent to an activating group) is 1. The summed E-state index contributed by atoms with van der Waals surface area (Å²) in [6, 6.07) is 12.8. The van der Waals surface area contributed by atoms with Crippen LogP contribution in [0.1, 0.15) is 30.5 Å². The summed E-state index contributed by atoms with van der Waals surface area (Å²) in [6.07, 6.45) is 1.28. The molecule has 0 saturated carbocycles. The first-order valence-electron chi connectivity index (χ1n) is 10.3. The molecule has 0 spiro atoms. The zero-order valence-corrected chi connectivity index (χ0v) is 19.2. The molecule has 1 heterocycles. The monoisotopic (exact) mass is 443 g/mol. The molecule has 8 heteroatoms. The molecule has 166 valence electrons. The number of anilines is 1. The molecule has 1 atom stereocenters. The molecule has 0 aliphatic carbocycles. The third kappa shape index (κ3) is 5.14. The maximum atomic E-state index is 13.0. The van der Waals surface area contributed by atoms with Crippen molar-refractivity contribution in [2.45, 2.75) is 44.6 Å². The Morgan fingerprint density at radius 1 is 1.16 bits per heavy atom. The number of benzene rings is 2. The molecule has 0 bridgehead atoms. The van der Waals surface area contributed by atoms with E-state index < -0.39 is 10.0 Å². The second kappa shape index (κ2) is 9.20. The quantitative estimate of drug-likeness (QED) is 0.711. The van der Waals surface area contributed by atoms with Gasteiger partial charge in [-0.05, 0) is 56.0 Å². The molecule has 3 rings (SSSR count). The molecule has 2 aromatic rings. The van der Waals surface area contributed by atoms with Gasteiger partial charge >= 0.3 is 0 Å². The summed E-state index contributed by atoms with van der Waals surface area (Å²) in [5, 5.41) is 2.78. The number of sulfonamides is 1. The van der Waals surface area contributed by atoms with Gasteiger partial charge in [0.15, 0.2) is 0 Å². The molecule has 1 N–H and O–H groups in total. The van der Waals surface area contributed by atoms with Crippen LogP contribution in [0.2, 0.25) is 0 Å². The Morgan fingerprint density at radius 3 is 2.48 bits per heavy atom. The van der Waals surface area contributed by atoms with Crippen LogP contribution in [0.15, 0.2) is 47.4 Å². The highest BCUT2D eigenvalue weighted by Crippen LogP contribution is 2.34. The van der Waals surface area contributed by atoms with Gasteiger partial charge in [0.1, 0.15) is 0 Å². The van der Waals surface area contributed by atoms with Gasteiger partial charge in [-0.3, -0.25) is 9.59 Å². The Morgan fingerprint density at radius 2 is 1.84 bits per heavy atom. The van der Waals surface area contributed by atoms with Crippen molar-refractivity contribution in [1.82, 2.24) is 9.62 Å². The Kier molecular flexibility index (Phi) is 6.81. The lowest BCUT2D eigenvalue weighted by molar-refractivity contribution is -0.121. The van der Waals surface area contributed by atoms with Gasteiger partial charge in [-0.25, -0.2) is 8.42 Å². The number of nitrogens with one attached hydrogen (secondary N) is 1. The molecule has 2 amide bonds. The minimum Gasteiger partial charge on any atom is -0.355 e. The van der Waals surface area contributed by atoms with E-state index in [-0.39, 0.29) is 29.3 Å². The molecule has 1 aliphatic rings. The van der Waals surface area contributed by atoms with E-state index in [0.717, 1.165) is 21.1 Å². The number of hydrogen-bond donors (Lipinski definition) is 1. The Hall–Kier alpha value is -2.71. The number of fused-ring (bicyclic) bond motifs is 1. The zero-order chi connectivity index (χ0) is 22.8. The van der Waals surface area contributed by atoms with Crippen LogP contribution >= 0.6 is 0 Å². The van der Waals surface area contributed by atoms with Crippen LogP contribution in [0, 0.1) is 6.92 Å². The van der Waals surface area contributed by atoms with Gasteiger partial charge in [-0.1, -0.05) is 29.8 Å². The first-order valence-corrected chi connectivity index (χ1v) is 11.7. The lowest BCUT2D eigenvalue weighted by Crippen LogP contribution is -2.39. The second-order valence-corrected chi connectivity index (χ2v) is 10.1. The van der Waals surface area contributed by atoms with E-state index in [0.29, 0.717) is 19.4 Å². The molecule has 0 fully saturated rings. The fraction of sp³-hybridized carbons (Fsp3) is 0.391. The number of carbonyl (C=O) groups is 2. The zero-order valence-electron chi connectivity index (χ0n) is 18.4. The van der Waals surface area contributed by atoms with Crippen molar-refractivity contribution >= 4 is 27.5 Å². The van der Waals surface area contributed by atoms with Crippen LogP contribution < -0.4 is 10.2 Å². The molecule has 31 heavy (non-hydrogen) atoms. The number of hydrogen-bond acceptors (Lipinski definition) is 4. The van der Waals surface area contributed by atoms with Crippen molar-refractivity contribution in [3.63, 3.8) is 0 Å². The number of nitrogens with zero attached hydrogens (tertiary/aromatic N) is 2. The third-order valence-corrected chi connectivity index (χ3v) is 7.34. The second-order valence-electron chi connectivity index (χ2n) is 8.08. The van der Waals surface area contributed by atoms with E-state index in [4.69, 9.17) is 0 Å². The predicted molar refractivity (Wildman–Crippen MR) is 120 cm³/mol. The highest BCUT2D eigenvalue weighted by atomic mass is 32.2. The van der Waals surface area contributed by atoms with Gasteiger partial charge in [0.2, 0.25) is 21.8 Å². The van der Waals surface area contributed by atoms with Crippen molar-refractivity contribution < 1.29 is 18.0 Å². The summed E-state index contributed by atoms with van der Waals surface area (Å²) in [5.41, 5.74) is 3.85. The molecular formula is C23H29N3O4S. The Bertz CT molecular complexity index is 1080. The van der Waals surface area contributed by atoms with Gasteiger partial charge < -0.3 is 10.2 Å². The van der Waals surface area contributed by atoms with Crippen molar-refractivity contribution in [1.29, 1.82) is 0 Å². The van der Waals surface area contributed by atoms with E-state index in [1.165, 1.54) is 25.6 Å². The SMILES string of the molecule is CC(=O)N1c2ccc(S(=O)(=O)N(C)CC(=O)NCCc3ccc(C)cc3)cc2C[C@H]1C. The van der Waals surface area contributed by atoms with Gasteiger partial charge in [-0.2, -0.15) is 4.31 Å². The average Bonchev–Trinajstić information content (AvgIpc) is 3.04. The van der Waals surface area contributed by atoms with Crippen LogP contribution in [0.3, 0.4) is 0 Å². The third-order valence-electron chi connectivity index (χ3n) is 5.54. The maximum absolute atomic E-state index is 13.0. The molecule has 1 aliphatic heterocycles. The summed E-state index contributed by atoms with van der Waals surface area (Å²) in [7, 11) is -2.43. The van der Waals surface area contributed by atoms with E-state index in [1.807, 2.05) is 38.1 Å². The highest BCUT2D eigenvalue weighted by molar-refractivity contribution is 7.89. The van der Waals surface area contributed by atoms with Crippen molar-refractivity contribution in [2.24, 2.45) is 0 Å². The van der Waals surface area contributed by atoms with Gasteiger partial charge in [0.25, 0.3) is 0 Å². The molecule has 0 saturated heterocycles. The fourth-order valence-electron chi connectivity index (χ4n) is 3.87. The first-order chi connectivity index (χ1) is 14.6. The first kappa shape index (κ1) is 23.0. The normalized spacial score (nSPS) is 15.8. The standard InChI is InChI=1S/C23H29N3O4S/c1-16-5-7-19(8-6-16)11-12-24-23(28)15-25(4)31(29,30)21-9-10-22-20(14-21)13-17(2)26(22)18(3)27/h5-10,14,17H,11-13,15H2,1-4H3,(H,24,28)/t17-/m1/s1. The summed E-state index contributed by atoms with van der Waals surface area (Å²) in [6.45, 7) is 5.63. The van der Waals surface area contributed by atoms with Crippen molar-refractivity contribution in [3.05, 3.63) is 59.2 Å². The summed E-state index contributed by atoms with van der Waals surface area (Å²) >= 11 is 0. The van der Waals surface area contributed by atoms with Crippen LogP contribution in [0.25, 0.3) is 0 Å². The summed E-state index contributed by atoms with van der Waals surface area (Å²) in [4.78, 5) is 25.9. The van der Waals surface area contributed by atoms with Crippen molar-refractivity contribution in [2.75, 3.05) is 25.0 Å². The fourth-order valence-corrected chi connectivity index (χ4v) is 5.05. The number of amides is 2. The number of carbonyl (C=O) groups excluding carboxylic acids is 2. The van der Waals surface area contributed by atoms with Crippen LogP contribution in [0.4, 0.5) is 5.69 Å². The smallest absolute Gasteiger partial charge is 0.243 e. The van der Waals surface area contributed by atoms with Gasteiger partial charge in [0, 0.05) is 32.2 Å². The molecule has 0 radical (unpaired) electrons. The molecule has 0 aromatic heterocycles. The lowest BCUT2D eigenvalue weighted by Gasteiger charge is -2.21. The Labute approximate surface area is 184 Å². The Balaban J connectivity index is 1.61. The summed E-state index contributed by atoms with van der Waals surface area (Å²) < 4.78 is 27.0. The van der Waals surface area contributed by atoms with E-state index in [1.54, 1.807) is 17.0 Å². The van der Waals surface area contributed by atoms with Crippen LogP contribution in [0.5, 0.6) is 0 Å².